The number of hydrogen-bond acceptors (Lipinski definition) is 6. The van der Waals surface area contributed by atoms with Gasteiger partial charge in [-0.15, -0.1) is 11.3 Å². The predicted molar refractivity (Wildman–Crippen MR) is 109 cm³/mol. The van der Waals surface area contributed by atoms with Gasteiger partial charge in [0, 0.05) is 22.2 Å². The summed E-state index contributed by atoms with van der Waals surface area (Å²) in [6.07, 6.45) is 0.699. The molecule has 5 rings (SSSR count). The van der Waals surface area contributed by atoms with E-state index in [4.69, 9.17) is 30.3 Å². The van der Waals surface area contributed by atoms with E-state index in [1.165, 1.54) is 0 Å². The first kappa shape index (κ1) is 17.4. The van der Waals surface area contributed by atoms with E-state index >= 15 is 0 Å². The highest BCUT2D eigenvalue weighted by molar-refractivity contribution is 7.20. The molecule has 0 saturated heterocycles. The molecule has 5 nitrogen and oxygen atoms in total. The Balaban J connectivity index is 1.69. The van der Waals surface area contributed by atoms with Gasteiger partial charge in [-0.1, -0.05) is 35.0 Å². The van der Waals surface area contributed by atoms with E-state index in [-0.39, 0.29) is 6.79 Å². The van der Waals surface area contributed by atoms with Crippen molar-refractivity contribution in [2.75, 3.05) is 13.9 Å². The number of halogens is 1. The van der Waals surface area contributed by atoms with Crippen LogP contribution in [0.25, 0.3) is 21.4 Å². The Hall–Kier alpha value is -2.70. The van der Waals surface area contributed by atoms with Crippen LogP contribution in [0.1, 0.15) is 16.1 Å². The lowest BCUT2D eigenvalue weighted by molar-refractivity contribution is 0.174. The molecule has 0 radical (unpaired) electrons. The molecule has 2 aromatic carbocycles. The molecular formula is C21H16ClNO4S. The second kappa shape index (κ2) is 6.72. The number of aryl methyl sites for hydroxylation is 1. The Morgan fingerprint density at radius 2 is 2.04 bits per heavy atom. The van der Waals surface area contributed by atoms with Crippen LogP contribution in [0.4, 0.5) is 0 Å². The third-order valence-corrected chi connectivity index (χ3v) is 6.46. The van der Waals surface area contributed by atoms with Crippen molar-refractivity contribution < 1.29 is 18.7 Å². The summed E-state index contributed by atoms with van der Waals surface area (Å²) in [6.45, 7) is 2.10. The molecule has 0 fully saturated rings. The number of aromatic nitrogens is 1. The minimum atomic E-state index is 0.261. The molecule has 4 aromatic rings. The number of nitrogens with zero attached hydrogens (tertiary/aromatic N) is 1. The van der Waals surface area contributed by atoms with Crippen LogP contribution in [0.15, 0.2) is 40.9 Å². The molecule has 0 N–H and O–H groups in total. The third kappa shape index (κ3) is 2.72. The van der Waals surface area contributed by atoms with E-state index in [1.807, 2.05) is 37.3 Å². The number of ether oxygens (including phenoxy) is 3. The summed E-state index contributed by atoms with van der Waals surface area (Å²) < 4.78 is 23.2. The Labute approximate surface area is 170 Å². The van der Waals surface area contributed by atoms with Crippen LogP contribution in [0.2, 0.25) is 5.02 Å². The van der Waals surface area contributed by atoms with E-state index in [2.05, 4.69) is 11.2 Å². The van der Waals surface area contributed by atoms with Crippen LogP contribution < -0.4 is 14.2 Å². The fourth-order valence-electron chi connectivity index (χ4n) is 3.43. The minimum Gasteiger partial charge on any atom is -0.495 e. The van der Waals surface area contributed by atoms with E-state index in [0.29, 0.717) is 22.9 Å². The van der Waals surface area contributed by atoms with Gasteiger partial charge in [0.25, 0.3) is 0 Å². The maximum atomic E-state index is 6.51. The molecule has 0 saturated carbocycles. The average molecular weight is 414 g/mol. The summed E-state index contributed by atoms with van der Waals surface area (Å²) in [5.41, 5.74) is 2.75. The van der Waals surface area contributed by atoms with Gasteiger partial charge in [-0.25, -0.2) is 0 Å². The van der Waals surface area contributed by atoms with E-state index in [1.54, 1.807) is 18.4 Å². The molecule has 1 aliphatic rings. The zero-order chi connectivity index (χ0) is 19.3. The standard InChI is InChI=1S/C21H16ClNO4S/c1-11-19(22)20(27-23-11)18-13-4-3-5-15(24-2)21(13)28-17(18)9-12-6-7-14-16(8-12)26-10-25-14/h3-8H,9-10H2,1-2H3. The Morgan fingerprint density at radius 1 is 1.18 bits per heavy atom. The number of rotatable bonds is 4. The number of fused-ring (bicyclic) bond motifs is 2. The maximum Gasteiger partial charge on any atom is 0.231 e. The molecule has 1 aliphatic heterocycles. The van der Waals surface area contributed by atoms with Crippen molar-refractivity contribution in [3.63, 3.8) is 0 Å². The monoisotopic (exact) mass is 413 g/mol. The van der Waals surface area contributed by atoms with Crippen LogP contribution >= 0.6 is 22.9 Å². The highest BCUT2D eigenvalue weighted by atomic mass is 35.5. The number of thiophene rings is 1. The molecule has 142 valence electrons. The van der Waals surface area contributed by atoms with Crippen molar-refractivity contribution in [2.24, 2.45) is 0 Å². The third-order valence-electron chi connectivity index (χ3n) is 4.79. The summed E-state index contributed by atoms with van der Waals surface area (Å²) in [5.74, 6) is 2.96. The number of hydrogen-bond donors (Lipinski definition) is 0. The van der Waals surface area contributed by atoms with Crippen molar-refractivity contribution in [2.45, 2.75) is 13.3 Å². The summed E-state index contributed by atoms with van der Waals surface area (Å²) >= 11 is 8.18. The van der Waals surface area contributed by atoms with Gasteiger partial charge in [-0.3, -0.25) is 0 Å². The van der Waals surface area contributed by atoms with Crippen molar-refractivity contribution >= 4 is 33.0 Å². The summed E-state index contributed by atoms with van der Waals surface area (Å²) in [4.78, 5) is 1.12. The molecule has 7 heteroatoms. The van der Waals surface area contributed by atoms with Gasteiger partial charge in [0.05, 0.1) is 17.5 Å². The SMILES string of the molecule is COc1cccc2c(-c3onc(C)c3Cl)c(Cc3ccc4c(c3)OCO4)sc12. The van der Waals surface area contributed by atoms with Crippen LogP contribution in [-0.4, -0.2) is 19.1 Å². The predicted octanol–water partition coefficient (Wildman–Crippen LogP) is 5.85. The van der Waals surface area contributed by atoms with Gasteiger partial charge < -0.3 is 18.7 Å². The van der Waals surface area contributed by atoms with Gasteiger partial charge in [0.1, 0.15) is 10.8 Å². The highest BCUT2D eigenvalue weighted by Crippen LogP contribution is 2.46. The largest absolute Gasteiger partial charge is 0.495 e. The van der Waals surface area contributed by atoms with Crippen LogP contribution in [0.5, 0.6) is 17.2 Å². The van der Waals surface area contributed by atoms with Crippen molar-refractivity contribution in [1.29, 1.82) is 0 Å². The second-order valence-electron chi connectivity index (χ2n) is 6.51. The fourth-order valence-corrected chi connectivity index (χ4v) is 4.91. The maximum absolute atomic E-state index is 6.51. The second-order valence-corrected chi connectivity index (χ2v) is 8.00. The number of benzene rings is 2. The molecule has 3 heterocycles. The lowest BCUT2D eigenvalue weighted by atomic mass is 10.0. The first-order chi connectivity index (χ1) is 13.7. The molecular weight excluding hydrogens is 398 g/mol. The molecule has 0 unspecified atom stereocenters. The quantitative estimate of drug-likeness (QED) is 0.420. The van der Waals surface area contributed by atoms with Crippen LogP contribution in [-0.2, 0) is 6.42 Å². The Morgan fingerprint density at radius 3 is 2.82 bits per heavy atom. The first-order valence-electron chi connectivity index (χ1n) is 8.74. The van der Waals surface area contributed by atoms with Gasteiger partial charge in [0.15, 0.2) is 17.3 Å². The number of methoxy groups -OCH3 is 1. The van der Waals surface area contributed by atoms with Gasteiger partial charge in [0.2, 0.25) is 6.79 Å². The molecule has 0 aliphatic carbocycles. The van der Waals surface area contributed by atoms with E-state index in [0.717, 1.165) is 43.3 Å². The van der Waals surface area contributed by atoms with Gasteiger partial charge in [-0.05, 0) is 30.7 Å². The zero-order valence-electron chi connectivity index (χ0n) is 15.2. The molecule has 2 aromatic heterocycles. The lowest BCUT2D eigenvalue weighted by Gasteiger charge is -2.04. The summed E-state index contributed by atoms with van der Waals surface area (Å²) in [6, 6.07) is 12.0. The van der Waals surface area contributed by atoms with Crippen molar-refractivity contribution in [3.8, 4) is 28.6 Å². The van der Waals surface area contributed by atoms with Crippen LogP contribution in [0.3, 0.4) is 0 Å². The van der Waals surface area contributed by atoms with Gasteiger partial charge in [-0.2, -0.15) is 0 Å². The fraction of sp³-hybridized carbons (Fsp3) is 0.190. The highest BCUT2D eigenvalue weighted by Gasteiger charge is 2.24. The first-order valence-corrected chi connectivity index (χ1v) is 9.94. The Bertz CT molecular complexity index is 1200. The van der Waals surface area contributed by atoms with Gasteiger partial charge >= 0.3 is 0 Å². The average Bonchev–Trinajstić information content (AvgIpc) is 3.39. The molecule has 0 bridgehead atoms. The normalized spacial score (nSPS) is 12.7. The molecule has 0 amide bonds. The zero-order valence-corrected chi connectivity index (χ0v) is 16.8. The smallest absolute Gasteiger partial charge is 0.231 e. The van der Waals surface area contributed by atoms with E-state index < -0.39 is 0 Å². The Kier molecular flexibility index (Phi) is 4.18. The van der Waals surface area contributed by atoms with Crippen molar-refractivity contribution in [1.82, 2.24) is 5.16 Å². The topological polar surface area (TPSA) is 53.7 Å². The summed E-state index contributed by atoms with van der Waals surface area (Å²) in [7, 11) is 1.68. The lowest BCUT2D eigenvalue weighted by Crippen LogP contribution is -1.93. The minimum absolute atomic E-state index is 0.261. The summed E-state index contributed by atoms with van der Waals surface area (Å²) in [5, 5.41) is 5.62. The molecule has 28 heavy (non-hydrogen) atoms. The van der Waals surface area contributed by atoms with Crippen molar-refractivity contribution in [3.05, 3.63) is 57.6 Å². The molecule has 0 atom stereocenters. The van der Waals surface area contributed by atoms with E-state index in [9.17, 15) is 0 Å². The van der Waals surface area contributed by atoms with Crippen LogP contribution in [0, 0.1) is 6.92 Å². The molecule has 0 spiro atoms.